The average Bonchev–Trinajstić information content (AvgIpc) is 2.77. The summed E-state index contributed by atoms with van der Waals surface area (Å²) in [7, 11) is 0. The third-order valence-corrected chi connectivity index (χ3v) is 4.12. The van der Waals surface area contributed by atoms with E-state index in [1.54, 1.807) is 0 Å². The fourth-order valence-corrected chi connectivity index (χ4v) is 3.20. The second-order valence-corrected chi connectivity index (χ2v) is 5.40. The second kappa shape index (κ2) is 4.82. The zero-order valence-electron chi connectivity index (χ0n) is 11.5. The van der Waals surface area contributed by atoms with Crippen LogP contribution in [-0.2, 0) is 6.42 Å². The van der Waals surface area contributed by atoms with Crippen molar-refractivity contribution in [2.24, 2.45) is 0 Å². The number of rotatable bonds is 2. The van der Waals surface area contributed by atoms with Crippen LogP contribution in [0.25, 0.3) is 0 Å². The fraction of sp³-hybridized carbons (Fsp3) is 0.438. The molecule has 3 rings (SSSR count). The van der Waals surface area contributed by atoms with Gasteiger partial charge >= 0.3 is 0 Å². The average molecular weight is 256 g/mol. The highest BCUT2D eigenvalue weighted by Gasteiger charge is 2.25. The van der Waals surface area contributed by atoms with Crippen molar-refractivity contribution in [3.05, 3.63) is 53.1 Å². The molecule has 2 aromatic rings. The van der Waals surface area contributed by atoms with Gasteiger partial charge in [0.1, 0.15) is 0 Å². The molecule has 0 fully saturated rings. The Morgan fingerprint density at radius 2 is 2.26 bits per heavy atom. The van der Waals surface area contributed by atoms with E-state index in [2.05, 4.69) is 35.5 Å². The Labute approximate surface area is 113 Å². The molecule has 1 N–H and O–H groups in total. The fourth-order valence-electron chi connectivity index (χ4n) is 3.20. The lowest BCUT2D eigenvalue weighted by Crippen LogP contribution is -2.16. The highest BCUT2D eigenvalue weighted by Crippen LogP contribution is 2.35. The van der Waals surface area contributed by atoms with E-state index in [4.69, 9.17) is 0 Å². The van der Waals surface area contributed by atoms with Crippen LogP contribution in [0, 0.1) is 6.92 Å². The monoisotopic (exact) mass is 256 g/mol. The topological polar surface area (TPSA) is 38.0 Å². The molecule has 0 bridgehead atoms. The van der Waals surface area contributed by atoms with Gasteiger partial charge in [-0.25, -0.2) is 0 Å². The highest BCUT2D eigenvalue weighted by molar-refractivity contribution is 5.33. The number of aryl methyl sites for hydroxylation is 1. The Bertz CT molecular complexity index is 574. The summed E-state index contributed by atoms with van der Waals surface area (Å²) < 4.78 is 2.33. The number of aromatic nitrogens is 2. The standard InChI is InChI=1S/C16H20N2O/c1-11-10-13-15(7-5-8-16(13)19)18(11)12(2)14-6-3-4-9-17-14/h3-4,6,9-10,12,16,19H,5,7-8H2,1-2H3. The molecular formula is C16H20N2O. The van der Waals surface area contributed by atoms with Crippen LogP contribution < -0.4 is 0 Å². The van der Waals surface area contributed by atoms with E-state index in [1.165, 1.54) is 11.4 Å². The smallest absolute Gasteiger partial charge is 0.0807 e. The van der Waals surface area contributed by atoms with Gasteiger partial charge in [-0.05, 0) is 51.3 Å². The van der Waals surface area contributed by atoms with Gasteiger partial charge in [0.05, 0.1) is 17.8 Å². The summed E-state index contributed by atoms with van der Waals surface area (Å²) in [6.45, 7) is 4.29. The first kappa shape index (κ1) is 12.4. The Morgan fingerprint density at radius 1 is 1.42 bits per heavy atom. The maximum absolute atomic E-state index is 10.1. The van der Waals surface area contributed by atoms with Crippen LogP contribution in [0.4, 0.5) is 0 Å². The molecule has 19 heavy (non-hydrogen) atoms. The molecule has 0 saturated heterocycles. The molecule has 100 valence electrons. The van der Waals surface area contributed by atoms with E-state index in [1.807, 2.05) is 18.3 Å². The van der Waals surface area contributed by atoms with Gasteiger partial charge in [-0.15, -0.1) is 0 Å². The molecule has 0 spiro atoms. The predicted molar refractivity (Wildman–Crippen MR) is 75.1 cm³/mol. The van der Waals surface area contributed by atoms with Gasteiger partial charge in [-0.1, -0.05) is 6.07 Å². The minimum absolute atomic E-state index is 0.218. The van der Waals surface area contributed by atoms with E-state index in [0.29, 0.717) is 0 Å². The summed E-state index contributed by atoms with van der Waals surface area (Å²) in [5, 5.41) is 10.1. The summed E-state index contributed by atoms with van der Waals surface area (Å²) in [6.07, 6.45) is 4.55. The van der Waals surface area contributed by atoms with Gasteiger partial charge in [0.2, 0.25) is 0 Å². The molecule has 1 aliphatic rings. The van der Waals surface area contributed by atoms with Gasteiger partial charge in [0, 0.05) is 23.1 Å². The first-order valence-electron chi connectivity index (χ1n) is 6.98. The van der Waals surface area contributed by atoms with Crippen molar-refractivity contribution in [2.45, 2.75) is 45.3 Å². The zero-order chi connectivity index (χ0) is 13.4. The number of pyridine rings is 1. The van der Waals surface area contributed by atoms with Crippen molar-refractivity contribution in [2.75, 3.05) is 0 Å². The third kappa shape index (κ3) is 2.08. The maximum Gasteiger partial charge on any atom is 0.0807 e. The molecule has 0 aliphatic heterocycles. The van der Waals surface area contributed by atoms with Crippen molar-refractivity contribution < 1.29 is 5.11 Å². The van der Waals surface area contributed by atoms with Crippen LogP contribution in [0.5, 0.6) is 0 Å². The molecule has 2 unspecified atom stereocenters. The maximum atomic E-state index is 10.1. The Balaban J connectivity index is 2.06. The summed E-state index contributed by atoms with van der Waals surface area (Å²) in [5.74, 6) is 0. The number of aliphatic hydroxyl groups is 1. The van der Waals surface area contributed by atoms with Crippen LogP contribution in [0.3, 0.4) is 0 Å². The first-order chi connectivity index (χ1) is 9.18. The Hall–Kier alpha value is -1.61. The van der Waals surface area contributed by atoms with E-state index >= 15 is 0 Å². The minimum Gasteiger partial charge on any atom is -0.388 e. The van der Waals surface area contributed by atoms with Crippen molar-refractivity contribution in [3.63, 3.8) is 0 Å². The van der Waals surface area contributed by atoms with Gasteiger partial charge < -0.3 is 9.67 Å². The van der Waals surface area contributed by atoms with Gasteiger partial charge in [-0.3, -0.25) is 4.98 Å². The van der Waals surface area contributed by atoms with E-state index in [9.17, 15) is 5.11 Å². The largest absolute Gasteiger partial charge is 0.388 e. The molecule has 3 heteroatoms. The Kier molecular flexibility index (Phi) is 3.15. The van der Waals surface area contributed by atoms with Crippen LogP contribution in [0.1, 0.15) is 54.6 Å². The van der Waals surface area contributed by atoms with Crippen molar-refractivity contribution in [1.82, 2.24) is 9.55 Å². The molecule has 2 atom stereocenters. The number of hydrogen-bond acceptors (Lipinski definition) is 2. The van der Waals surface area contributed by atoms with Gasteiger partial charge in [-0.2, -0.15) is 0 Å². The number of nitrogens with zero attached hydrogens (tertiary/aromatic N) is 2. The van der Waals surface area contributed by atoms with Crippen molar-refractivity contribution >= 4 is 0 Å². The summed E-state index contributed by atoms with van der Waals surface area (Å²) >= 11 is 0. The third-order valence-electron chi connectivity index (χ3n) is 4.12. The first-order valence-corrected chi connectivity index (χ1v) is 6.98. The molecule has 0 amide bonds. The minimum atomic E-state index is -0.292. The number of fused-ring (bicyclic) bond motifs is 1. The lowest BCUT2D eigenvalue weighted by atomic mass is 9.95. The Morgan fingerprint density at radius 3 is 3.00 bits per heavy atom. The molecule has 3 nitrogen and oxygen atoms in total. The summed E-state index contributed by atoms with van der Waals surface area (Å²) in [6, 6.07) is 8.39. The van der Waals surface area contributed by atoms with Crippen LogP contribution in [0.15, 0.2) is 30.5 Å². The molecule has 0 aromatic carbocycles. The lowest BCUT2D eigenvalue weighted by Gasteiger charge is -2.24. The highest BCUT2D eigenvalue weighted by atomic mass is 16.3. The van der Waals surface area contributed by atoms with E-state index in [-0.39, 0.29) is 12.1 Å². The molecule has 2 heterocycles. The zero-order valence-corrected chi connectivity index (χ0v) is 11.5. The SMILES string of the molecule is Cc1cc2c(n1C(C)c1ccccn1)CCCC2O. The summed E-state index contributed by atoms with van der Waals surface area (Å²) in [4.78, 5) is 4.46. The van der Waals surface area contributed by atoms with Crippen molar-refractivity contribution in [3.8, 4) is 0 Å². The van der Waals surface area contributed by atoms with Gasteiger partial charge in [0.15, 0.2) is 0 Å². The number of hydrogen-bond donors (Lipinski definition) is 1. The molecule has 1 aliphatic carbocycles. The van der Waals surface area contributed by atoms with E-state index < -0.39 is 0 Å². The molecule has 2 aromatic heterocycles. The molecule has 0 radical (unpaired) electrons. The summed E-state index contributed by atoms with van der Waals surface area (Å²) in [5.41, 5.74) is 4.69. The van der Waals surface area contributed by atoms with Crippen molar-refractivity contribution in [1.29, 1.82) is 0 Å². The van der Waals surface area contributed by atoms with Gasteiger partial charge in [0.25, 0.3) is 0 Å². The number of aliphatic hydroxyl groups excluding tert-OH is 1. The normalized spacial score (nSPS) is 20.1. The second-order valence-electron chi connectivity index (χ2n) is 5.40. The molecular weight excluding hydrogens is 236 g/mol. The van der Waals surface area contributed by atoms with Crippen LogP contribution >= 0.6 is 0 Å². The van der Waals surface area contributed by atoms with Crippen LogP contribution in [0.2, 0.25) is 0 Å². The lowest BCUT2D eigenvalue weighted by molar-refractivity contribution is 0.155. The van der Waals surface area contributed by atoms with Crippen LogP contribution in [-0.4, -0.2) is 14.7 Å². The van der Waals surface area contributed by atoms with E-state index in [0.717, 1.165) is 30.5 Å². The molecule has 0 saturated carbocycles. The quantitative estimate of drug-likeness (QED) is 0.896. The predicted octanol–water partition coefficient (Wildman–Crippen LogP) is 3.17.